The average Bonchev–Trinajstić information content (AvgIpc) is 2.75. The van der Waals surface area contributed by atoms with Gasteiger partial charge in [0.05, 0.1) is 0 Å². The fraction of sp³-hybridized carbons (Fsp3) is 0.812. The molecule has 2 saturated heterocycles. The van der Waals surface area contributed by atoms with Crippen LogP contribution in [0.4, 0.5) is 4.79 Å². The molecule has 1 saturated carbocycles. The van der Waals surface area contributed by atoms with Crippen molar-refractivity contribution in [2.75, 3.05) is 19.6 Å². The van der Waals surface area contributed by atoms with E-state index in [2.05, 4.69) is 5.32 Å². The molecular weight excluding hydrogens is 332 g/mol. The highest BCUT2D eigenvalue weighted by molar-refractivity contribution is 6.09. The van der Waals surface area contributed by atoms with Gasteiger partial charge in [-0.2, -0.15) is 0 Å². The minimum absolute atomic E-state index is 0. The van der Waals surface area contributed by atoms with Crippen LogP contribution in [0.5, 0.6) is 0 Å². The van der Waals surface area contributed by atoms with Gasteiger partial charge in [-0.15, -0.1) is 12.4 Å². The fourth-order valence-corrected chi connectivity index (χ4v) is 4.11. The molecule has 0 radical (unpaired) electrons. The Balaban J connectivity index is 0.00000208. The zero-order valence-electron chi connectivity index (χ0n) is 14.1. The number of imide groups is 1. The standard InChI is InChI=1S/C16H26N4O3.ClH/c1-11-5-2-3-7-16(11)14(22)20(15(23)18-16)10-13(21)19-8-4-6-12(17)9-19;/h11-12H,2-10,17H2,1H3,(H,18,23);1H. The number of urea groups is 1. The highest BCUT2D eigenvalue weighted by Gasteiger charge is 2.55. The van der Waals surface area contributed by atoms with E-state index < -0.39 is 11.6 Å². The van der Waals surface area contributed by atoms with Gasteiger partial charge < -0.3 is 16.0 Å². The molecule has 2 heterocycles. The van der Waals surface area contributed by atoms with Crippen LogP contribution in [0.15, 0.2) is 0 Å². The molecule has 0 aromatic heterocycles. The van der Waals surface area contributed by atoms with Gasteiger partial charge in [0.15, 0.2) is 0 Å². The first kappa shape index (κ1) is 19.0. The maximum atomic E-state index is 12.8. The van der Waals surface area contributed by atoms with Crippen LogP contribution in [0.25, 0.3) is 0 Å². The Morgan fingerprint density at radius 1 is 1.29 bits per heavy atom. The van der Waals surface area contributed by atoms with Crippen LogP contribution in [-0.4, -0.2) is 58.9 Å². The number of carbonyl (C=O) groups excluding carboxylic acids is 3. The van der Waals surface area contributed by atoms with Crippen LogP contribution in [0, 0.1) is 5.92 Å². The average molecular weight is 359 g/mol. The maximum Gasteiger partial charge on any atom is 0.325 e. The summed E-state index contributed by atoms with van der Waals surface area (Å²) < 4.78 is 0. The van der Waals surface area contributed by atoms with Gasteiger partial charge in [0.25, 0.3) is 5.91 Å². The Morgan fingerprint density at radius 3 is 2.71 bits per heavy atom. The van der Waals surface area contributed by atoms with E-state index in [0.717, 1.165) is 37.0 Å². The highest BCUT2D eigenvalue weighted by Crippen LogP contribution is 2.38. The summed E-state index contributed by atoms with van der Waals surface area (Å²) in [5, 5.41) is 2.88. The molecule has 3 N–H and O–H groups in total. The van der Waals surface area contributed by atoms with E-state index in [-0.39, 0.29) is 42.7 Å². The van der Waals surface area contributed by atoms with Gasteiger partial charge in [0, 0.05) is 19.1 Å². The van der Waals surface area contributed by atoms with Crippen LogP contribution >= 0.6 is 12.4 Å². The predicted octanol–water partition coefficient (Wildman–Crippen LogP) is 0.859. The highest BCUT2D eigenvalue weighted by atomic mass is 35.5. The first-order chi connectivity index (χ1) is 10.9. The monoisotopic (exact) mass is 358 g/mol. The lowest BCUT2D eigenvalue weighted by Gasteiger charge is -2.37. The van der Waals surface area contributed by atoms with Crippen molar-refractivity contribution in [1.29, 1.82) is 0 Å². The summed E-state index contributed by atoms with van der Waals surface area (Å²) >= 11 is 0. The first-order valence-electron chi connectivity index (χ1n) is 8.61. The molecule has 4 amide bonds. The van der Waals surface area contributed by atoms with Crippen molar-refractivity contribution in [3.63, 3.8) is 0 Å². The van der Waals surface area contributed by atoms with Crippen LogP contribution in [0.3, 0.4) is 0 Å². The molecule has 136 valence electrons. The zero-order valence-corrected chi connectivity index (χ0v) is 14.9. The number of hydrogen-bond acceptors (Lipinski definition) is 4. The summed E-state index contributed by atoms with van der Waals surface area (Å²) in [5.41, 5.74) is 5.10. The Morgan fingerprint density at radius 2 is 2.04 bits per heavy atom. The minimum atomic E-state index is -0.798. The molecule has 3 aliphatic rings. The number of rotatable bonds is 2. The van der Waals surface area contributed by atoms with Crippen LogP contribution in [0.1, 0.15) is 45.4 Å². The summed E-state index contributed by atoms with van der Waals surface area (Å²) in [6, 6.07) is -0.445. The van der Waals surface area contributed by atoms with E-state index >= 15 is 0 Å². The van der Waals surface area contributed by atoms with Gasteiger partial charge in [-0.25, -0.2) is 4.79 Å². The van der Waals surface area contributed by atoms with Crippen molar-refractivity contribution in [1.82, 2.24) is 15.1 Å². The molecule has 8 heteroatoms. The molecule has 0 aromatic rings. The van der Waals surface area contributed by atoms with E-state index in [1.54, 1.807) is 4.90 Å². The molecule has 3 unspecified atom stereocenters. The third kappa shape index (κ3) is 3.24. The van der Waals surface area contributed by atoms with E-state index in [0.29, 0.717) is 19.5 Å². The summed E-state index contributed by atoms with van der Waals surface area (Å²) in [4.78, 5) is 40.3. The second-order valence-electron chi connectivity index (χ2n) is 7.18. The second kappa shape index (κ2) is 7.27. The van der Waals surface area contributed by atoms with Crippen molar-refractivity contribution in [3.8, 4) is 0 Å². The van der Waals surface area contributed by atoms with Gasteiger partial charge >= 0.3 is 6.03 Å². The van der Waals surface area contributed by atoms with Crippen LogP contribution in [-0.2, 0) is 9.59 Å². The molecule has 1 aliphatic carbocycles. The number of hydrogen-bond donors (Lipinski definition) is 2. The molecular formula is C16H27ClN4O3. The van der Waals surface area contributed by atoms with Crippen molar-refractivity contribution >= 4 is 30.3 Å². The van der Waals surface area contributed by atoms with E-state index in [9.17, 15) is 14.4 Å². The first-order valence-corrected chi connectivity index (χ1v) is 8.61. The largest absolute Gasteiger partial charge is 0.340 e. The SMILES string of the molecule is CC1CCCCC12NC(=O)N(CC(=O)N1CCCC(N)C1)C2=O.Cl. The number of nitrogens with one attached hydrogen (secondary N) is 1. The molecule has 0 bridgehead atoms. The van der Waals surface area contributed by atoms with Gasteiger partial charge in [0.2, 0.25) is 5.91 Å². The summed E-state index contributed by atoms with van der Waals surface area (Å²) in [6.07, 6.45) is 5.38. The van der Waals surface area contributed by atoms with E-state index in [1.807, 2.05) is 6.92 Å². The van der Waals surface area contributed by atoms with E-state index in [4.69, 9.17) is 5.73 Å². The van der Waals surface area contributed by atoms with Gasteiger partial charge in [0.1, 0.15) is 12.1 Å². The predicted molar refractivity (Wildman–Crippen MR) is 91.6 cm³/mol. The van der Waals surface area contributed by atoms with Crippen molar-refractivity contribution in [2.24, 2.45) is 11.7 Å². The molecule has 3 fully saturated rings. The lowest BCUT2D eigenvalue weighted by atomic mass is 9.73. The molecule has 1 spiro atoms. The number of halogens is 1. The zero-order chi connectivity index (χ0) is 16.6. The Hall–Kier alpha value is -1.34. The van der Waals surface area contributed by atoms with Gasteiger partial charge in [-0.3, -0.25) is 14.5 Å². The lowest BCUT2D eigenvalue weighted by Crippen LogP contribution is -2.54. The second-order valence-corrected chi connectivity index (χ2v) is 7.18. The normalized spacial score (nSPS) is 33.4. The number of nitrogens with zero attached hydrogens (tertiary/aromatic N) is 2. The topological polar surface area (TPSA) is 95.7 Å². The number of amides is 4. The molecule has 0 aromatic carbocycles. The fourth-order valence-electron chi connectivity index (χ4n) is 4.11. The molecule has 3 atom stereocenters. The molecule has 7 nitrogen and oxygen atoms in total. The molecule has 24 heavy (non-hydrogen) atoms. The summed E-state index contributed by atoms with van der Waals surface area (Å²) in [5.74, 6) is -0.315. The number of likely N-dealkylation sites (tertiary alicyclic amines) is 1. The van der Waals surface area contributed by atoms with Gasteiger partial charge in [-0.05, 0) is 31.6 Å². The van der Waals surface area contributed by atoms with Crippen molar-refractivity contribution < 1.29 is 14.4 Å². The van der Waals surface area contributed by atoms with E-state index in [1.165, 1.54) is 0 Å². The Bertz CT molecular complexity index is 529. The number of piperidine rings is 1. The van der Waals surface area contributed by atoms with Gasteiger partial charge in [-0.1, -0.05) is 19.8 Å². The Labute approximate surface area is 148 Å². The van der Waals surface area contributed by atoms with Crippen LogP contribution < -0.4 is 11.1 Å². The Kier molecular flexibility index (Phi) is 5.75. The quantitative estimate of drug-likeness (QED) is 0.715. The number of nitrogens with two attached hydrogens (primary N) is 1. The lowest BCUT2D eigenvalue weighted by molar-refractivity contribution is -0.141. The molecule has 2 aliphatic heterocycles. The van der Waals surface area contributed by atoms with Crippen molar-refractivity contribution in [2.45, 2.75) is 57.0 Å². The van der Waals surface area contributed by atoms with Crippen molar-refractivity contribution in [3.05, 3.63) is 0 Å². The summed E-state index contributed by atoms with van der Waals surface area (Å²) in [6.45, 7) is 2.99. The summed E-state index contributed by atoms with van der Waals surface area (Å²) in [7, 11) is 0. The number of carbonyl (C=O) groups is 3. The van der Waals surface area contributed by atoms with Crippen LogP contribution in [0.2, 0.25) is 0 Å². The maximum absolute atomic E-state index is 12.8. The third-order valence-corrected chi connectivity index (χ3v) is 5.61. The third-order valence-electron chi connectivity index (χ3n) is 5.61. The molecule has 3 rings (SSSR count). The minimum Gasteiger partial charge on any atom is -0.340 e. The smallest absolute Gasteiger partial charge is 0.325 e.